The third-order valence-electron chi connectivity index (χ3n) is 3.19. The molecular formula is C16H17BrN2O2. The van der Waals surface area contributed by atoms with Crippen LogP contribution in [0, 0.1) is 0 Å². The van der Waals surface area contributed by atoms with E-state index in [0.29, 0.717) is 15.7 Å². The van der Waals surface area contributed by atoms with Crippen LogP contribution in [0.15, 0.2) is 46.9 Å². The third-order valence-corrected chi connectivity index (χ3v) is 3.88. The minimum Gasteiger partial charge on any atom is -0.496 e. The first-order chi connectivity index (χ1) is 10.0. The summed E-state index contributed by atoms with van der Waals surface area (Å²) in [6, 6.07) is 12.6. The number of amides is 1. The highest BCUT2D eigenvalue weighted by Crippen LogP contribution is 2.25. The second kappa shape index (κ2) is 6.63. The van der Waals surface area contributed by atoms with E-state index in [2.05, 4.69) is 21.2 Å². The number of ether oxygens (including phenoxy) is 1. The molecule has 1 unspecified atom stereocenters. The van der Waals surface area contributed by atoms with Crippen LogP contribution in [0.25, 0.3) is 0 Å². The van der Waals surface area contributed by atoms with E-state index in [9.17, 15) is 4.79 Å². The number of para-hydroxylation sites is 1. The number of carbonyl (C=O) groups is 1. The molecule has 3 N–H and O–H groups in total. The van der Waals surface area contributed by atoms with Crippen LogP contribution in [0.5, 0.6) is 5.75 Å². The summed E-state index contributed by atoms with van der Waals surface area (Å²) >= 11 is 3.36. The highest BCUT2D eigenvalue weighted by Gasteiger charge is 2.16. The minimum absolute atomic E-state index is 0.179. The lowest BCUT2D eigenvalue weighted by Gasteiger charge is -2.17. The molecule has 0 bridgehead atoms. The van der Waals surface area contributed by atoms with Crippen LogP contribution in [-0.4, -0.2) is 13.0 Å². The van der Waals surface area contributed by atoms with Gasteiger partial charge in [-0.25, -0.2) is 0 Å². The summed E-state index contributed by atoms with van der Waals surface area (Å²) in [5, 5.41) is 2.95. The van der Waals surface area contributed by atoms with Crippen LogP contribution >= 0.6 is 15.9 Å². The molecule has 0 aliphatic rings. The molecule has 1 amide bonds. The van der Waals surface area contributed by atoms with E-state index in [0.717, 1.165) is 11.3 Å². The van der Waals surface area contributed by atoms with Crippen molar-refractivity contribution in [2.24, 2.45) is 0 Å². The molecule has 0 saturated carbocycles. The highest BCUT2D eigenvalue weighted by molar-refractivity contribution is 9.10. The van der Waals surface area contributed by atoms with Crippen LogP contribution in [0.4, 0.5) is 5.69 Å². The maximum Gasteiger partial charge on any atom is 0.252 e. The van der Waals surface area contributed by atoms with Crippen molar-refractivity contribution in [3.8, 4) is 5.75 Å². The first kappa shape index (κ1) is 15.4. The van der Waals surface area contributed by atoms with E-state index < -0.39 is 0 Å². The van der Waals surface area contributed by atoms with Gasteiger partial charge in [-0.05, 0) is 47.1 Å². The number of hydrogen-bond donors (Lipinski definition) is 2. The van der Waals surface area contributed by atoms with Gasteiger partial charge in [-0.3, -0.25) is 4.79 Å². The number of hydrogen-bond acceptors (Lipinski definition) is 3. The van der Waals surface area contributed by atoms with Crippen molar-refractivity contribution < 1.29 is 9.53 Å². The van der Waals surface area contributed by atoms with Gasteiger partial charge in [0, 0.05) is 15.7 Å². The fourth-order valence-electron chi connectivity index (χ4n) is 2.09. The van der Waals surface area contributed by atoms with Crippen LogP contribution < -0.4 is 15.8 Å². The molecule has 21 heavy (non-hydrogen) atoms. The Morgan fingerprint density at radius 3 is 2.71 bits per heavy atom. The maximum absolute atomic E-state index is 12.4. The largest absolute Gasteiger partial charge is 0.496 e. The summed E-state index contributed by atoms with van der Waals surface area (Å²) in [5.41, 5.74) is 7.72. The number of carbonyl (C=O) groups excluding carboxylic acids is 1. The maximum atomic E-state index is 12.4. The van der Waals surface area contributed by atoms with Crippen LogP contribution in [-0.2, 0) is 0 Å². The summed E-state index contributed by atoms with van der Waals surface area (Å²) in [6.07, 6.45) is 0. The summed E-state index contributed by atoms with van der Waals surface area (Å²) in [7, 11) is 1.61. The average Bonchev–Trinajstić information content (AvgIpc) is 2.49. The molecule has 2 aromatic rings. The Kier molecular flexibility index (Phi) is 4.85. The van der Waals surface area contributed by atoms with Gasteiger partial charge in [-0.15, -0.1) is 0 Å². The fourth-order valence-corrected chi connectivity index (χ4v) is 2.52. The van der Waals surface area contributed by atoms with Gasteiger partial charge in [0.25, 0.3) is 5.91 Å². The molecule has 2 aromatic carbocycles. The zero-order valence-electron chi connectivity index (χ0n) is 11.9. The van der Waals surface area contributed by atoms with E-state index in [1.54, 1.807) is 25.3 Å². The lowest BCUT2D eigenvalue weighted by atomic mass is 10.1. The normalized spacial score (nSPS) is 11.8. The fraction of sp³-hybridized carbons (Fsp3) is 0.188. The molecule has 110 valence electrons. The SMILES string of the molecule is COc1ccccc1C(C)NC(=O)c1cc(N)ccc1Br. The van der Waals surface area contributed by atoms with Crippen molar-refractivity contribution in [1.29, 1.82) is 0 Å². The second-order valence-electron chi connectivity index (χ2n) is 4.68. The van der Waals surface area contributed by atoms with Gasteiger partial charge in [0.1, 0.15) is 5.75 Å². The Balaban J connectivity index is 2.21. The molecule has 0 radical (unpaired) electrons. The zero-order valence-corrected chi connectivity index (χ0v) is 13.5. The third kappa shape index (κ3) is 3.55. The lowest BCUT2D eigenvalue weighted by Crippen LogP contribution is -2.27. The van der Waals surface area contributed by atoms with Crippen LogP contribution in [0.3, 0.4) is 0 Å². The van der Waals surface area contributed by atoms with Crippen LogP contribution in [0.1, 0.15) is 28.9 Å². The molecule has 0 aromatic heterocycles. The van der Waals surface area contributed by atoms with Crippen molar-refractivity contribution in [3.05, 3.63) is 58.1 Å². The highest BCUT2D eigenvalue weighted by atomic mass is 79.9. The average molecular weight is 349 g/mol. The van der Waals surface area contributed by atoms with E-state index in [-0.39, 0.29) is 11.9 Å². The molecule has 1 atom stereocenters. The Bertz CT molecular complexity index is 658. The first-order valence-electron chi connectivity index (χ1n) is 6.51. The molecule has 0 heterocycles. The van der Waals surface area contributed by atoms with Crippen LogP contribution in [0.2, 0.25) is 0 Å². The second-order valence-corrected chi connectivity index (χ2v) is 5.53. The zero-order chi connectivity index (χ0) is 15.4. The number of nitrogens with one attached hydrogen (secondary N) is 1. The number of anilines is 1. The molecular weight excluding hydrogens is 332 g/mol. The number of nitrogens with two attached hydrogens (primary N) is 1. The Hall–Kier alpha value is -2.01. The Morgan fingerprint density at radius 2 is 2.00 bits per heavy atom. The summed E-state index contributed by atoms with van der Waals surface area (Å²) in [5.74, 6) is 0.560. The Morgan fingerprint density at radius 1 is 1.29 bits per heavy atom. The first-order valence-corrected chi connectivity index (χ1v) is 7.31. The van der Waals surface area contributed by atoms with Gasteiger partial charge in [-0.1, -0.05) is 18.2 Å². The van der Waals surface area contributed by atoms with E-state index in [4.69, 9.17) is 10.5 Å². The number of rotatable bonds is 4. The van der Waals surface area contributed by atoms with E-state index in [1.165, 1.54) is 0 Å². The lowest BCUT2D eigenvalue weighted by molar-refractivity contribution is 0.0939. The monoisotopic (exact) mass is 348 g/mol. The molecule has 0 fully saturated rings. The molecule has 2 rings (SSSR count). The number of benzene rings is 2. The predicted octanol–water partition coefficient (Wildman–Crippen LogP) is 3.53. The van der Waals surface area contributed by atoms with Gasteiger partial charge in [0.15, 0.2) is 0 Å². The van der Waals surface area contributed by atoms with Gasteiger partial charge in [0.2, 0.25) is 0 Å². The van der Waals surface area contributed by atoms with Gasteiger partial charge in [0.05, 0.1) is 18.7 Å². The molecule has 4 nitrogen and oxygen atoms in total. The van der Waals surface area contributed by atoms with Crippen molar-refractivity contribution in [2.45, 2.75) is 13.0 Å². The molecule has 0 saturated heterocycles. The molecule has 0 aliphatic carbocycles. The van der Waals surface area contributed by atoms with E-state index >= 15 is 0 Å². The molecule has 5 heteroatoms. The predicted molar refractivity (Wildman–Crippen MR) is 87.4 cm³/mol. The number of halogens is 1. The standard InChI is InChI=1S/C16H17BrN2O2/c1-10(12-5-3-4-6-15(12)21-2)19-16(20)13-9-11(18)7-8-14(13)17/h3-10H,18H2,1-2H3,(H,19,20). The van der Waals surface area contributed by atoms with E-state index in [1.807, 2.05) is 31.2 Å². The number of nitrogen functional groups attached to an aromatic ring is 1. The van der Waals surface area contributed by atoms with Gasteiger partial charge < -0.3 is 15.8 Å². The minimum atomic E-state index is -0.187. The van der Waals surface area contributed by atoms with Crippen molar-refractivity contribution >= 4 is 27.5 Å². The smallest absolute Gasteiger partial charge is 0.252 e. The summed E-state index contributed by atoms with van der Waals surface area (Å²) < 4.78 is 6.03. The van der Waals surface area contributed by atoms with Crippen molar-refractivity contribution in [2.75, 3.05) is 12.8 Å². The summed E-state index contributed by atoms with van der Waals surface area (Å²) in [6.45, 7) is 1.91. The molecule has 0 aliphatic heterocycles. The topological polar surface area (TPSA) is 64.3 Å². The van der Waals surface area contributed by atoms with Gasteiger partial charge >= 0.3 is 0 Å². The number of methoxy groups -OCH3 is 1. The summed E-state index contributed by atoms with van der Waals surface area (Å²) in [4.78, 5) is 12.4. The van der Waals surface area contributed by atoms with Gasteiger partial charge in [-0.2, -0.15) is 0 Å². The quantitative estimate of drug-likeness (QED) is 0.830. The van der Waals surface area contributed by atoms with Crippen molar-refractivity contribution in [1.82, 2.24) is 5.32 Å². The molecule has 0 spiro atoms. The Labute approximate surface area is 132 Å². The van der Waals surface area contributed by atoms with Crippen molar-refractivity contribution in [3.63, 3.8) is 0 Å².